The summed E-state index contributed by atoms with van der Waals surface area (Å²) in [5.41, 5.74) is 5.80. The van der Waals surface area contributed by atoms with E-state index in [4.69, 9.17) is 5.73 Å². The van der Waals surface area contributed by atoms with Crippen LogP contribution < -0.4 is 5.73 Å². The second kappa shape index (κ2) is 10.4. The molecular formula is C13H29ClN2O3S. The van der Waals surface area contributed by atoms with Crippen LogP contribution in [0.25, 0.3) is 0 Å². The molecule has 0 radical (unpaired) electrons. The third kappa shape index (κ3) is 8.76. The highest BCUT2D eigenvalue weighted by atomic mass is 35.5. The first-order chi connectivity index (χ1) is 8.75. The van der Waals surface area contributed by atoms with Gasteiger partial charge in [-0.3, -0.25) is 4.79 Å². The van der Waals surface area contributed by atoms with Crippen molar-refractivity contribution in [2.24, 2.45) is 11.7 Å². The Morgan fingerprint density at radius 2 is 1.70 bits per heavy atom. The van der Waals surface area contributed by atoms with Gasteiger partial charge in [0, 0.05) is 19.3 Å². The van der Waals surface area contributed by atoms with Gasteiger partial charge in [0.05, 0.1) is 11.8 Å². The number of carbonyl (C=O) groups excluding carboxylic acids is 1. The summed E-state index contributed by atoms with van der Waals surface area (Å²) in [5, 5.41) is 0. The molecule has 0 bridgehead atoms. The SMILES string of the molecule is CCC(CC)CN(CC)C(=O)C(N)CCS(C)(=O)=O.Cl. The number of sulfone groups is 1. The maximum absolute atomic E-state index is 12.2. The van der Waals surface area contributed by atoms with E-state index in [0.717, 1.165) is 19.1 Å². The van der Waals surface area contributed by atoms with Crippen molar-refractivity contribution in [3.05, 3.63) is 0 Å². The van der Waals surface area contributed by atoms with Crippen LogP contribution in [0.1, 0.15) is 40.0 Å². The molecule has 20 heavy (non-hydrogen) atoms. The van der Waals surface area contributed by atoms with E-state index in [1.165, 1.54) is 0 Å². The zero-order valence-corrected chi connectivity index (χ0v) is 14.6. The van der Waals surface area contributed by atoms with Gasteiger partial charge >= 0.3 is 0 Å². The van der Waals surface area contributed by atoms with E-state index in [0.29, 0.717) is 19.0 Å². The Balaban J connectivity index is 0. The van der Waals surface area contributed by atoms with Crippen molar-refractivity contribution in [3.63, 3.8) is 0 Å². The van der Waals surface area contributed by atoms with E-state index < -0.39 is 15.9 Å². The van der Waals surface area contributed by atoms with E-state index in [2.05, 4.69) is 13.8 Å². The fourth-order valence-electron chi connectivity index (χ4n) is 1.93. The van der Waals surface area contributed by atoms with E-state index in [1.807, 2.05) is 6.92 Å². The predicted molar refractivity (Wildman–Crippen MR) is 85.9 cm³/mol. The molecule has 0 saturated carbocycles. The largest absolute Gasteiger partial charge is 0.341 e. The van der Waals surface area contributed by atoms with E-state index in [9.17, 15) is 13.2 Å². The molecule has 1 atom stereocenters. The minimum Gasteiger partial charge on any atom is -0.341 e. The first-order valence-corrected chi connectivity index (χ1v) is 9.03. The van der Waals surface area contributed by atoms with Crippen molar-refractivity contribution in [2.45, 2.75) is 46.1 Å². The molecule has 0 aromatic carbocycles. The lowest BCUT2D eigenvalue weighted by molar-refractivity contribution is -0.133. The van der Waals surface area contributed by atoms with Gasteiger partial charge < -0.3 is 10.6 Å². The van der Waals surface area contributed by atoms with Gasteiger partial charge in [0.15, 0.2) is 0 Å². The second-order valence-corrected chi connectivity index (χ2v) is 7.34. The lowest BCUT2D eigenvalue weighted by Crippen LogP contribution is -2.46. The maximum Gasteiger partial charge on any atom is 0.239 e. The van der Waals surface area contributed by atoms with Crippen LogP contribution in [0, 0.1) is 5.92 Å². The van der Waals surface area contributed by atoms with Crippen molar-refractivity contribution >= 4 is 28.2 Å². The van der Waals surface area contributed by atoms with Gasteiger partial charge in [-0.05, 0) is 19.3 Å². The second-order valence-electron chi connectivity index (χ2n) is 5.08. The van der Waals surface area contributed by atoms with Crippen LogP contribution in [-0.2, 0) is 14.6 Å². The zero-order valence-electron chi connectivity index (χ0n) is 13.0. The molecule has 1 amide bonds. The first kappa shape index (κ1) is 22.0. The summed E-state index contributed by atoms with van der Waals surface area (Å²) in [6.07, 6.45) is 3.40. The molecule has 0 fully saturated rings. The van der Waals surface area contributed by atoms with Crippen LogP contribution in [0.3, 0.4) is 0 Å². The number of rotatable bonds is 9. The van der Waals surface area contributed by atoms with Crippen LogP contribution in [-0.4, -0.2) is 50.4 Å². The Morgan fingerprint density at radius 3 is 2.05 bits per heavy atom. The summed E-state index contributed by atoms with van der Waals surface area (Å²) in [5.74, 6) is 0.298. The number of nitrogens with zero attached hydrogens (tertiary/aromatic N) is 1. The molecule has 0 saturated heterocycles. The summed E-state index contributed by atoms with van der Waals surface area (Å²) < 4.78 is 22.2. The van der Waals surface area contributed by atoms with Gasteiger partial charge in [-0.1, -0.05) is 26.7 Å². The smallest absolute Gasteiger partial charge is 0.239 e. The molecule has 0 aromatic heterocycles. The molecule has 0 rings (SSSR count). The van der Waals surface area contributed by atoms with Crippen LogP contribution in [0.15, 0.2) is 0 Å². The third-order valence-electron chi connectivity index (χ3n) is 3.44. The summed E-state index contributed by atoms with van der Waals surface area (Å²) in [7, 11) is -3.07. The van der Waals surface area contributed by atoms with Gasteiger partial charge in [0.1, 0.15) is 9.84 Å². The number of likely N-dealkylation sites (N-methyl/N-ethyl adjacent to an activating group) is 1. The molecule has 1 unspecified atom stereocenters. The third-order valence-corrected chi connectivity index (χ3v) is 4.42. The summed E-state index contributed by atoms with van der Waals surface area (Å²) in [6.45, 7) is 7.45. The first-order valence-electron chi connectivity index (χ1n) is 6.97. The Labute approximate surface area is 129 Å². The molecule has 7 heteroatoms. The molecule has 2 N–H and O–H groups in total. The highest BCUT2D eigenvalue weighted by Gasteiger charge is 2.22. The minimum atomic E-state index is -3.07. The molecule has 0 aliphatic carbocycles. The molecular weight excluding hydrogens is 300 g/mol. The number of hydrogen-bond donors (Lipinski definition) is 1. The zero-order chi connectivity index (χ0) is 15.1. The van der Waals surface area contributed by atoms with Gasteiger partial charge in [-0.25, -0.2) is 8.42 Å². The average Bonchev–Trinajstić information content (AvgIpc) is 2.36. The molecule has 122 valence electrons. The van der Waals surface area contributed by atoms with Crippen LogP contribution >= 0.6 is 12.4 Å². The van der Waals surface area contributed by atoms with E-state index in [-0.39, 0.29) is 30.5 Å². The van der Waals surface area contributed by atoms with Crippen LogP contribution in [0.5, 0.6) is 0 Å². The highest BCUT2D eigenvalue weighted by molar-refractivity contribution is 7.90. The Kier molecular flexibility index (Phi) is 11.4. The minimum absolute atomic E-state index is 0. The lowest BCUT2D eigenvalue weighted by atomic mass is 10.0. The van der Waals surface area contributed by atoms with Crippen molar-refractivity contribution in [2.75, 3.05) is 25.1 Å². The topological polar surface area (TPSA) is 80.5 Å². The predicted octanol–water partition coefficient (Wildman–Crippen LogP) is 1.45. The molecule has 0 aromatic rings. The number of amides is 1. The average molecular weight is 329 g/mol. The van der Waals surface area contributed by atoms with Gasteiger partial charge in [0.25, 0.3) is 0 Å². The monoisotopic (exact) mass is 328 g/mol. The fraction of sp³-hybridized carbons (Fsp3) is 0.923. The van der Waals surface area contributed by atoms with E-state index in [1.54, 1.807) is 4.90 Å². The fourth-order valence-corrected chi connectivity index (χ4v) is 2.61. The Bertz CT molecular complexity index is 370. The standard InChI is InChI=1S/C13H28N2O3S.ClH/c1-5-11(6-2)10-15(7-3)13(16)12(14)8-9-19(4,17)18;/h11-12H,5-10,14H2,1-4H3;1H. The van der Waals surface area contributed by atoms with Crippen LogP contribution in [0.2, 0.25) is 0 Å². The van der Waals surface area contributed by atoms with Crippen LogP contribution in [0.4, 0.5) is 0 Å². The number of halogens is 1. The summed E-state index contributed by atoms with van der Waals surface area (Å²) in [4.78, 5) is 13.9. The van der Waals surface area contributed by atoms with Crippen molar-refractivity contribution in [3.8, 4) is 0 Å². The molecule has 0 spiro atoms. The quantitative estimate of drug-likeness (QED) is 0.694. The van der Waals surface area contributed by atoms with Gasteiger partial charge in [0.2, 0.25) is 5.91 Å². The lowest BCUT2D eigenvalue weighted by Gasteiger charge is -2.27. The summed E-state index contributed by atoms with van der Waals surface area (Å²) >= 11 is 0. The van der Waals surface area contributed by atoms with Crippen molar-refractivity contribution < 1.29 is 13.2 Å². The number of nitrogens with two attached hydrogens (primary N) is 1. The van der Waals surface area contributed by atoms with E-state index >= 15 is 0 Å². The molecule has 0 aliphatic rings. The summed E-state index contributed by atoms with van der Waals surface area (Å²) in [6, 6.07) is -0.718. The Hall–Kier alpha value is -0.330. The van der Waals surface area contributed by atoms with Crippen molar-refractivity contribution in [1.82, 2.24) is 4.90 Å². The number of carbonyl (C=O) groups is 1. The van der Waals surface area contributed by atoms with Gasteiger partial charge in [-0.15, -0.1) is 12.4 Å². The Morgan fingerprint density at radius 1 is 1.20 bits per heavy atom. The number of hydrogen-bond acceptors (Lipinski definition) is 4. The van der Waals surface area contributed by atoms with Gasteiger partial charge in [-0.2, -0.15) is 0 Å². The molecule has 0 aliphatic heterocycles. The normalized spacial score (nSPS) is 12.9. The molecule has 5 nitrogen and oxygen atoms in total. The highest BCUT2D eigenvalue weighted by Crippen LogP contribution is 2.11. The maximum atomic E-state index is 12.2. The molecule has 0 heterocycles. The van der Waals surface area contributed by atoms with Crippen molar-refractivity contribution in [1.29, 1.82) is 0 Å².